The van der Waals surface area contributed by atoms with Crippen molar-refractivity contribution in [3.8, 4) is 0 Å². The molecule has 1 aliphatic carbocycles. The van der Waals surface area contributed by atoms with Crippen LogP contribution in [-0.4, -0.2) is 21.8 Å². The van der Waals surface area contributed by atoms with Crippen molar-refractivity contribution in [2.75, 3.05) is 0 Å². The van der Waals surface area contributed by atoms with Crippen LogP contribution in [0.2, 0.25) is 0 Å². The maximum atomic E-state index is 12.2. The maximum absolute atomic E-state index is 12.2. The van der Waals surface area contributed by atoms with Crippen LogP contribution in [0.4, 0.5) is 0 Å². The number of benzene rings is 1. The number of hydrazine groups is 1. The Bertz CT molecular complexity index is 733. The molecule has 0 bridgehead atoms. The largest absolute Gasteiger partial charge is 0.435 e. The lowest BCUT2D eigenvalue weighted by atomic mass is 10.1. The highest BCUT2D eigenvalue weighted by molar-refractivity contribution is 6.00. The number of oxazole rings is 1. The van der Waals surface area contributed by atoms with Gasteiger partial charge in [-0.15, -0.1) is 0 Å². The van der Waals surface area contributed by atoms with Gasteiger partial charge in [0.2, 0.25) is 5.76 Å². The van der Waals surface area contributed by atoms with Crippen molar-refractivity contribution in [3.05, 3.63) is 53.2 Å². The summed E-state index contributed by atoms with van der Waals surface area (Å²) in [6.07, 6.45) is 3.53. The van der Waals surface area contributed by atoms with Crippen molar-refractivity contribution in [2.45, 2.75) is 25.3 Å². The molecule has 0 radical (unpaired) electrons. The van der Waals surface area contributed by atoms with Crippen LogP contribution in [0.5, 0.6) is 0 Å². The zero-order chi connectivity index (χ0) is 14.4. The first kappa shape index (κ1) is 12.1. The van der Waals surface area contributed by atoms with Crippen LogP contribution in [0.25, 0.3) is 0 Å². The molecule has 1 fully saturated rings. The van der Waals surface area contributed by atoms with Crippen molar-refractivity contribution in [1.82, 2.24) is 15.4 Å². The van der Waals surface area contributed by atoms with Crippen molar-refractivity contribution in [3.63, 3.8) is 0 Å². The van der Waals surface area contributed by atoms with E-state index in [2.05, 4.69) is 10.4 Å². The summed E-state index contributed by atoms with van der Waals surface area (Å²) in [6.45, 7) is 0.365. The van der Waals surface area contributed by atoms with Gasteiger partial charge in [-0.1, -0.05) is 18.2 Å². The average molecular weight is 283 g/mol. The van der Waals surface area contributed by atoms with E-state index in [1.54, 1.807) is 12.1 Å². The Balaban J connectivity index is 1.49. The molecule has 0 atom stereocenters. The number of hydrogen-bond donors (Lipinski definition) is 1. The van der Waals surface area contributed by atoms with E-state index in [0.29, 0.717) is 23.9 Å². The molecule has 6 heteroatoms. The van der Waals surface area contributed by atoms with Crippen LogP contribution in [0.15, 0.2) is 34.9 Å². The second-order valence-electron chi connectivity index (χ2n) is 5.33. The highest BCUT2D eigenvalue weighted by Crippen LogP contribution is 2.39. The minimum absolute atomic E-state index is 0.139. The third-order valence-corrected chi connectivity index (χ3v) is 3.73. The van der Waals surface area contributed by atoms with Crippen LogP contribution in [-0.2, 0) is 6.54 Å². The molecule has 106 valence electrons. The Kier molecular flexibility index (Phi) is 2.57. The van der Waals surface area contributed by atoms with E-state index >= 15 is 0 Å². The zero-order valence-corrected chi connectivity index (χ0v) is 11.2. The van der Waals surface area contributed by atoms with E-state index < -0.39 is 5.91 Å². The summed E-state index contributed by atoms with van der Waals surface area (Å²) in [5, 5.41) is 1.30. The predicted octanol–water partition coefficient (Wildman–Crippen LogP) is 1.85. The summed E-state index contributed by atoms with van der Waals surface area (Å²) in [5.41, 5.74) is 4.10. The Labute approximate surface area is 120 Å². The number of nitrogens with one attached hydrogen (secondary N) is 1. The van der Waals surface area contributed by atoms with E-state index in [4.69, 9.17) is 4.42 Å². The van der Waals surface area contributed by atoms with E-state index in [-0.39, 0.29) is 11.7 Å². The van der Waals surface area contributed by atoms with Crippen molar-refractivity contribution >= 4 is 11.8 Å². The monoisotopic (exact) mass is 283 g/mol. The van der Waals surface area contributed by atoms with Gasteiger partial charge >= 0.3 is 5.91 Å². The number of fused-ring (bicyclic) bond motifs is 1. The van der Waals surface area contributed by atoms with Crippen molar-refractivity contribution in [1.29, 1.82) is 0 Å². The first-order valence-electron chi connectivity index (χ1n) is 6.89. The molecule has 1 aromatic heterocycles. The fourth-order valence-electron chi connectivity index (χ4n) is 2.43. The van der Waals surface area contributed by atoms with Gasteiger partial charge in [-0.2, -0.15) is 0 Å². The SMILES string of the molecule is O=C(NN1Cc2ccccc2C1=O)c1cnc(C2CC2)o1. The van der Waals surface area contributed by atoms with Crippen molar-refractivity contribution in [2.24, 2.45) is 0 Å². The summed E-state index contributed by atoms with van der Waals surface area (Å²) >= 11 is 0. The van der Waals surface area contributed by atoms with Crippen LogP contribution in [0.3, 0.4) is 0 Å². The van der Waals surface area contributed by atoms with Gasteiger partial charge in [0.05, 0.1) is 12.7 Å². The molecule has 0 saturated heterocycles. The fourth-order valence-corrected chi connectivity index (χ4v) is 2.43. The summed E-state index contributed by atoms with van der Waals surface area (Å²) in [5.74, 6) is 0.442. The number of nitrogens with zero attached hydrogens (tertiary/aromatic N) is 2. The summed E-state index contributed by atoms with van der Waals surface area (Å²) < 4.78 is 5.43. The molecule has 0 unspecified atom stereocenters. The quantitative estimate of drug-likeness (QED) is 0.932. The van der Waals surface area contributed by atoms with E-state index in [1.165, 1.54) is 11.2 Å². The van der Waals surface area contributed by atoms with Crippen LogP contribution in [0, 0.1) is 0 Å². The van der Waals surface area contributed by atoms with Gasteiger partial charge in [0.1, 0.15) is 0 Å². The van der Waals surface area contributed by atoms with Gasteiger partial charge in [-0.3, -0.25) is 15.0 Å². The summed E-state index contributed by atoms with van der Waals surface area (Å²) in [6, 6.07) is 7.30. The van der Waals surface area contributed by atoms with Gasteiger partial charge in [-0.05, 0) is 24.5 Å². The third kappa shape index (κ3) is 2.08. The number of rotatable bonds is 3. The minimum Gasteiger partial charge on any atom is -0.435 e. The van der Waals surface area contributed by atoms with Gasteiger partial charge in [-0.25, -0.2) is 9.99 Å². The smallest absolute Gasteiger partial charge is 0.307 e. The lowest BCUT2D eigenvalue weighted by molar-refractivity contribution is 0.0590. The Hall–Kier alpha value is -2.63. The normalized spacial score (nSPS) is 17.0. The lowest BCUT2D eigenvalue weighted by Gasteiger charge is -2.15. The predicted molar refractivity (Wildman–Crippen MR) is 72.3 cm³/mol. The zero-order valence-electron chi connectivity index (χ0n) is 11.2. The van der Waals surface area contributed by atoms with Crippen molar-refractivity contribution < 1.29 is 14.0 Å². The Morgan fingerprint density at radius 2 is 2.14 bits per heavy atom. The second-order valence-corrected chi connectivity index (χ2v) is 5.33. The third-order valence-electron chi connectivity index (χ3n) is 3.73. The van der Waals surface area contributed by atoms with Gasteiger partial charge in [0.25, 0.3) is 5.91 Å². The number of carbonyl (C=O) groups is 2. The topological polar surface area (TPSA) is 75.4 Å². The molecule has 0 spiro atoms. The summed E-state index contributed by atoms with van der Waals surface area (Å²) in [4.78, 5) is 28.4. The summed E-state index contributed by atoms with van der Waals surface area (Å²) in [7, 11) is 0. The standard InChI is InChI=1S/C15H13N3O3/c19-13(12-7-16-14(21-12)9-5-6-9)17-18-8-10-3-1-2-4-11(10)15(18)20/h1-4,7,9H,5-6,8H2,(H,17,19). The first-order valence-corrected chi connectivity index (χ1v) is 6.89. The molecule has 2 amide bonds. The number of aromatic nitrogens is 1. The highest BCUT2D eigenvalue weighted by Gasteiger charge is 2.31. The van der Waals surface area contributed by atoms with Crippen LogP contribution < -0.4 is 5.43 Å². The van der Waals surface area contributed by atoms with Gasteiger partial charge in [0.15, 0.2) is 5.89 Å². The minimum atomic E-state index is -0.449. The average Bonchev–Trinajstić information content (AvgIpc) is 3.14. The van der Waals surface area contributed by atoms with E-state index in [1.807, 2.05) is 12.1 Å². The molecule has 21 heavy (non-hydrogen) atoms. The lowest BCUT2D eigenvalue weighted by Crippen LogP contribution is -2.42. The van der Waals surface area contributed by atoms with Crippen LogP contribution >= 0.6 is 0 Å². The maximum Gasteiger partial charge on any atom is 0.307 e. The number of amides is 2. The molecule has 1 aromatic carbocycles. The molecule has 6 nitrogen and oxygen atoms in total. The highest BCUT2D eigenvalue weighted by atomic mass is 16.4. The molecular weight excluding hydrogens is 270 g/mol. The molecule has 1 N–H and O–H groups in total. The first-order chi connectivity index (χ1) is 10.2. The second kappa shape index (κ2) is 4.44. The molecule has 2 aromatic rings. The molecule has 1 saturated carbocycles. The molecule has 4 rings (SSSR count). The Morgan fingerprint density at radius 1 is 1.33 bits per heavy atom. The number of carbonyl (C=O) groups excluding carboxylic acids is 2. The van der Waals surface area contributed by atoms with E-state index in [0.717, 1.165) is 18.4 Å². The Morgan fingerprint density at radius 3 is 2.90 bits per heavy atom. The van der Waals surface area contributed by atoms with Gasteiger partial charge in [0, 0.05) is 11.5 Å². The number of hydrogen-bond acceptors (Lipinski definition) is 4. The molecule has 2 aliphatic rings. The van der Waals surface area contributed by atoms with Crippen LogP contribution in [0.1, 0.15) is 51.1 Å². The molecule has 2 heterocycles. The van der Waals surface area contributed by atoms with Gasteiger partial charge < -0.3 is 4.42 Å². The fraction of sp³-hybridized carbons (Fsp3) is 0.267. The van der Waals surface area contributed by atoms with E-state index in [9.17, 15) is 9.59 Å². The molecular formula is C15H13N3O3. The molecule has 1 aliphatic heterocycles.